The Morgan fingerprint density at radius 2 is 1.86 bits per heavy atom. The van der Waals surface area contributed by atoms with Crippen molar-refractivity contribution in [2.75, 3.05) is 43.6 Å². The Morgan fingerprint density at radius 1 is 1.02 bits per heavy atom. The summed E-state index contributed by atoms with van der Waals surface area (Å²) in [5.74, 6) is 7.99. The predicted molar refractivity (Wildman–Crippen MR) is 162 cm³/mol. The number of aryl methyl sites for hydroxylation is 1. The molecule has 1 aliphatic heterocycles. The lowest BCUT2D eigenvalue weighted by Gasteiger charge is -2.34. The number of hydrogen-bond donors (Lipinski definition) is 2. The molecule has 2 N–H and O–H groups in total. The number of ether oxygens (including phenoxy) is 1. The number of nitrogens with zero attached hydrogens (tertiary/aromatic N) is 8. The maximum absolute atomic E-state index is 12.6. The first kappa shape index (κ1) is 28.8. The highest BCUT2D eigenvalue weighted by Gasteiger charge is 2.37. The number of methoxy groups -OCH3 is 1. The zero-order chi connectivity index (χ0) is 29.8. The summed E-state index contributed by atoms with van der Waals surface area (Å²) in [6, 6.07) is 4.18. The van der Waals surface area contributed by atoms with Gasteiger partial charge in [-0.25, -0.2) is 23.4 Å². The van der Waals surface area contributed by atoms with Crippen molar-refractivity contribution < 1.29 is 13.2 Å². The standard InChI is InChI=1S/C29H34N10O3S/c1-37-19-21(16-33-37)3-4-22-17-32-28(15-26(22)38-12-8-24(9-13-38)30-11-14-42-2)35-27-7-10-31-29(36-27)23-18-34-39(20-23)43(40,41)25-5-6-25/h7,10,15-20,24-25,30H,5-6,8-9,11-14H2,1-2H3,(H,31,32,35,36). The molecule has 5 heterocycles. The number of hydrogen-bond acceptors (Lipinski definition) is 11. The summed E-state index contributed by atoms with van der Waals surface area (Å²) in [4.78, 5) is 15.9. The van der Waals surface area contributed by atoms with Crippen LogP contribution in [-0.4, -0.2) is 87.0 Å². The quantitative estimate of drug-likeness (QED) is 0.203. The normalized spacial score (nSPS) is 15.7. The maximum atomic E-state index is 12.6. The van der Waals surface area contributed by atoms with Crippen molar-refractivity contribution in [3.05, 3.63) is 60.4 Å². The number of rotatable bonds is 10. The van der Waals surface area contributed by atoms with E-state index >= 15 is 0 Å². The van der Waals surface area contributed by atoms with E-state index in [1.807, 2.05) is 19.3 Å². The smallest absolute Gasteiger partial charge is 0.256 e. The average molecular weight is 603 g/mol. The molecule has 0 radical (unpaired) electrons. The molecule has 43 heavy (non-hydrogen) atoms. The number of aromatic nitrogens is 7. The Hall–Kier alpha value is -4.32. The molecule has 0 unspecified atom stereocenters. The monoisotopic (exact) mass is 602 g/mol. The Kier molecular flexibility index (Phi) is 8.37. The second-order valence-electron chi connectivity index (χ2n) is 10.7. The van der Waals surface area contributed by atoms with Crippen LogP contribution in [0.3, 0.4) is 0 Å². The number of piperidine rings is 1. The van der Waals surface area contributed by atoms with Gasteiger partial charge in [-0.1, -0.05) is 11.8 Å². The molecule has 0 aromatic carbocycles. The molecule has 1 aliphatic carbocycles. The minimum absolute atomic E-state index is 0.357. The van der Waals surface area contributed by atoms with E-state index < -0.39 is 10.0 Å². The second-order valence-corrected chi connectivity index (χ2v) is 12.8. The van der Waals surface area contributed by atoms with Gasteiger partial charge in [0.1, 0.15) is 11.6 Å². The van der Waals surface area contributed by atoms with E-state index in [0.717, 1.165) is 53.4 Å². The highest BCUT2D eigenvalue weighted by Crippen LogP contribution is 2.31. The molecule has 0 spiro atoms. The van der Waals surface area contributed by atoms with Crippen LogP contribution in [0.1, 0.15) is 36.8 Å². The van der Waals surface area contributed by atoms with Crippen LogP contribution in [0.5, 0.6) is 0 Å². The van der Waals surface area contributed by atoms with Crippen molar-refractivity contribution in [1.82, 2.24) is 39.2 Å². The molecule has 1 saturated heterocycles. The van der Waals surface area contributed by atoms with Crippen molar-refractivity contribution >= 4 is 27.3 Å². The van der Waals surface area contributed by atoms with Crippen LogP contribution in [0.15, 0.2) is 49.3 Å². The molecule has 0 amide bonds. The summed E-state index contributed by atoms with van der Waals surface area (Å²) in [5, 5.41) is 14.8. The largest absolute Gasteiger partial charge is 0.383 e. The summed E-state index contributed by atoms with van der Waals surface area (Å²) in [7, 11) is 0.112. The fourth-order valence-electron chi connectivity index (χ4n) is 4.96. The fraction of sp³-hybridized carbons (Fsp3) is 0.414. The van der Waals surface area contributed by atoms with Gasteiger partial charge in [-0.2, -0.15) is 14.3 Å². The van der Waals surface area contributed by atoms with Crippen molar-refractivity contribution in [3.63, 3.8) is 0 Å². The van der Waals surface area contributed by atoms with Crippen LogP contribution in [-0.2, 0) is 21.8 Å². The summed E-state index contributed by atoms with van der Waals surface area (Å²) in [6.07, 6.45) is 13.3. The molecular weight excluding hydrogens is 568 g/mol. The summed E-state index contributed by atoms with van der Waals surface area (Å²) in [5.41, 5.74) is 3.17. The first-order chi connectivity index (χ1) is 20.9. The number of nitrogens with one attached hydrogen (secondary N) is 2. The molecule has 2 aliphatic rings. The van der Waals surface area contributed by atoms with Crippen molar-refractivity contribution in [3.8, 4) is 23.2 Å². The van der Waals surface area contributed by atoms with Crippen molar-refractivity contribution in [2.45, 2.75) is 37.0 Å². The van der Waals surface area contributed by atoms with Gasteiger partial charge in [0.2, 0.25) is 0 Å². The van der Waals surface area contributed by atoms with E-state index in [2.05, 4.69) is 52.5 Å². The first-order valence-electron chi connectivity index (χ1n) is 14.3. The van der Waals surface area contributed by atoms with Gasteiger partial charge in [-0.05, 0) is 31.7 Å². The third-order valence-electron chi connectivity index (χ3n) is 7.44. The summed E-state index contributed by atoms with van der Waals surface area (Å²) >= 11 is 0. The molecule has 13 nitrogen and oxygen atoms in total. The maximum Gasteiger partial charge on any atom is 0.256 e. The fourth-order valence-corrected chi connectivity index (χ4v) is 6.44. The van der Waals surface area contributed by atoms with Gasteiger partial charge in [0.25, 0.3) is 10.0 Å². The van der Waals surface area contributed by atoms with Gasteiger partial charge in [0.15, 0.2) is 5.82 Å². The van der Waals surface area contributed by atoms with E-state index in [-0.39, 0.29) is 5.25 Å². The highest BCUT2D eigenvalue weighted by atomic mass is 32.2. The molecule has 4 aromatic rings. The molecule has 224 valence electrons. The third kappa shape index (κ3) is 6.85. The van der Waals surface area contributed by atoms with Crippen LogP contribution >= 0.6 is 0 Å². The van der Waals surface area contributed by atoms with Gasteiger partial charge in [0.05, 0.1) is 52.8 Å². The predicted octanol–water partition coefficient (Wildman–Crippen LogP) is 2.16. The van der Waals surface area contributed by atoms with E-state index in [1.165, 1.54) is 12.4 Å². The van der Waals surface area contributed by atoms with Crippen LogP contribution in [0, 0.1) is 11.8 Å². The zero-order valence-corrected chi connectivity index (χ0v) is 25.0. The molecular formula is C29H34N10O3S. The Balaban J connectivity index is 1.22. The molecule has 4 aromatic heterocycles. The van der Waals surface area contributed by atoms with Gasteiger partial charge >= 0.3 is 0 Å². The van der Waals surface area contributed by atoms with E-state index in [1.54, 1.807) is 36.4 Å². The van der Waals surface area contributed by atoms with Gasteiger partial charge in [-0.15, -0.1) is 0 Å². The van der Waals surface area contributed by atoms with E-state index in [4.69, 9.17) is 4.74 Å². The van der Waals surface area contributed by atoms with E-state index in [9.17, 15) is 8.42 Å². The molecule has 2 fully saturated rings. The van der Waals surface area contributed by atoms with E-state index in [0.29, 0.717) is 48.5 Å². The summed E-state index contributed by atoms with van der Waals surface area (Å²) in [6.45, 7) is 3.28. The molecule has 0 bridgehead atoms. The highest BCUT2D eigenvalue weighted by molar-refractivity contribution is 7.90. The molecule has 1 saturated carbocycles. The Labute approximate surface area is 250 Å². The molecule has 6 rings (SSSR count). The Morgan fingerprint density at radius 3 is 2.60 bits per heavy atom. The third-order valence-corrected chi connectivity index (χ3v) is 9.47. The van der Waals surface area contributed by atoms with Crippen LogP contribution in [0.4, 0.5) is 17.3 Å². The molecule has 0 atom stereocenters. The van der Waals surface area contributed by atoms with Gasteiger partial charge in [0, 0.05) is 64.5 Å². The average Bonchev–Trinajstić information content (AvgIpc) is 3.62. The minimum atomic E-state index is -3.47. The van der Waals surface area contributed by atoms with Crippen molar-refractivity contribution in [1.29, 1.82) is 0 Å². The van der Waals surface area contributed by atoms with Gasteiger partial charge in [-0.3, -0.25) is 4.68 Å². The number of pyridine rings is 1. The van der Waals surface area contributed by atoms with Crippen LogP contribution in [0.25, 0.3) is 11.4 Å². The number of anilines is 3. The first-order valence-corrected chi connectivity index (χ1v) is 15.8. The van der Waals surface area contributed by atoms with Gasteiger partial charge < -0.3 is 20.3 Å². The summed E-state index contributed by atoms with van der Waals surface area (Å²) < 4.78 is 33.0. The lowest BCUT2D eigenvalue weighted by molar-refractivity contribution is 0.193. The molecule has 14 heteroatoms. The lowest BCUT2D eigenvalue weighted by atomic mass is 10.0. The Bertz CT molecular complexity index is 1740. The second kappa shape index (κ2) is 12.5. The van der Waals surface area contributed by atoms with Crippen LogP contribution < -0.4 is 15.5 Å². The van der Waals surface area contributed by atoms with Crippen molar-refractivity contribution in [2.24, 2.45) is 7.05 Å². The van der Waals surface area contributed by atoms with Crippen LogP contribution in [0.2, 0.25) is 0 Å². The SMILES string of the molecule is COCCNC1CCN(c2cc(Nc3ccnc(-c4cnn(S(=O)(=O)C5CC5)c4)n3)ncc2C#Cc2cnn(C)c2)CC1. The topological polar surface area (TPSA) is 145 Å². The minimum Gasteiger partial charge on any atom is -0.383 e. The zero-order valence-electron chi connectivity index (χ0n) is 24.1. The lowest BCUT2D eigenvalue weighted by Crippen LogP contribution is -2.43.